The van der Waals surface area contributed by atoms with Crippen LogP contribution in [0.25, 0.3) is 0 Å². The number of fused-ring (bicyclic) bond motifs is 1. The van der Waals surface area contributed by atoms with Crippen LogP contribution in [0, 0.1) is 6.92 Å². The Bertz CT molecular complexity index is 1230. The topological polar surface area (TPSA) is 70.7 Å². The number of hydrogen-bond acceptors (Lipinski definition) is 4. The number of anilines is 2. The van der Waals surface area contributed by atoms with E-state index in [0.29, 0.717) is 23.4 Å². The van der Waals surface area contributed by atoms with E-state index in [9.17, 15) is 9.59 Å². The summed E-state index contributed by atoms with van der Waals surface area (Å²) in [5.74, 6) is -0.338. The van der Waals surface area contributed by atoms with Crippen LogP contribution in [-0.2, 0) is 17.7 Å². The number of nitrogens with one attached hydrogen (secondary N) is 2. The summed E-state index contributed by atoms with van der Waals surface area (Å²) in [5, 5.41) is 6.03. The first-order chi connectivity index (χ1) is 17.1. The van der Waals surface area contributed by atoms with E-state index in [1.807, 2.05) is 37.3 Å². The molecule has 2 aliphatic rings. The zero-order chi connectivity index (χ0) is 24.2. The summed E-state index contributed by atoms with van der Waals surface area (Å²) in [5.41, 5.74) is 6.19. The summed E-state index contributed by atoms with van der Waals surface area (Å²) in [4.78, 5) is 28.5. The zero-order valence-corrected chi connectivity index (χ0v) is 20.0. The van der Waals surface area contributed by atoms with Gasteiger partial charge < -0.3 is 20.3 Å². The van der Waals surface area contributed by atoms with Crippen LogP contribution in [0.2, 0.25) is 0 Å². The molecule has 1 fully saturated rings. The number of carbonyl (C=O) groups excluding carboxylic acids is 2. The van der Waals surface area contributed by atoms with Gasteiger partial charge in [-0.3, -0.25) is 9.59 Å². The minimum absolute atomic E-state index is 0.0632. The van der Waals surface area contributed by atoms with E-state index in [4.69, 9.17) is 4.74 Å². The van der Waals surface area contributed by atoms with Crippen molar-refractivity contribution in [2.45, 2.75) is 38.8 Å². The van der Waals surface area contributed by atoms with Crippen LogP contribution in [0.15, 0.2) is 66.7 Å². The molecule has 2 N–H and O–H groups in total. The molecule has 6 heteroatoms. The highest BCUT2D eigenvalue weighted by molar-refractivity contribution is 6.07. The molecule has 3 aromatic carbocycles. The first kappa shape index (κ1) is 23.1. The number of carbonyl (C=O) groups is 2. The minimum atomic E-state index is -0.187. The van der Waals surface area contributed by atoms with Crippen molar-refractivity contribution in [3.05, 3.63) is 94.5 Å². The summed E-state index contributed by atoms with van der Waals surface area (Å²) >= 11 is 0. The molecule has 3 aromatic rings. The average Bonchev–Trinajstić information content (AvgIpc) is 3.41. The van der Waals surface area contributed by atoms with E-state index in [0.717, 1.165) is 50.2 Å². The fraction of sp³-hybridized carbons (Fsp3) is 0.310. The molecule has 2 heterocycles. The van der Waals surface area contributed by atoms with Crippen LogP contribution in [0.4, 0.5) is 11.4 Å². The van der Waals surface area contributed by atoms with Gasteiger partial charge in [0, 0.05) is 43.2 Å². The monoisotopic (exact) mass is 469 g/mol. The van der Waals surface area contributed by atoms with E-state index in [-0.39, 0.29) is 17.9 Å². The normalized spacial score (nSPS) is 17.1. The van der Waals surface area contributed by atoms with Crippen molar-refractivity contribution in [2.24, 2.45) is 0 Å². The molecule has 35 heavy (non-hydrogen) atoms. The Hall–Kier alpha value is -3.64. The smallest absolute Gasteiger partial charge is 0.255 e. The third-order valence-corrected chi connectivity index (χ3v) is 6.87. The van der Waals surface area contributed by atoms with E-state index in [1.54, 1.807) is 12.1 Å². The van der Waals surface area contributed by atoms with Gasteiger partial charge in [0.05, 0.1) is 11.7 Å². The average molecular weight is 470 g/mol. The molecule has 0 aromatic heterocycles. The summed E-state index contributed by atoms with van der Waals surface area (Å²) in [6.45, 7) is 4.73. The summed E-state index contributed by atoms with van der Waals surface area (Å²) in [6.07, 6.45) is 2.98. The number of benzene rings is 3. The molecule has 2 aliphatic heterocycles. The molecule has 1 atom stereocenters. The number of hydrogen-bond donors (Lipinski definition) is 2. The van der Waals surface area contributed by atoms with Crippen LogP contribution in [0.3, 0.4) is 0 Å². The maximum atomic E-state index is 13.4. The van der Waals surface area contributed by atoms with Crippen molar-refractivity contribution in [1.29, 1.82) is 0 Å². The van der Waals surface area contributed by atoms with E-state index >= 15 is 0 Å². The fourth-order valence-corrected chi connectivity index (χ4v) is 4.91. The van der Waals surface area contributed by atoms with Gasteiger partial charge in [-0.2, -0.15) is 0 Å². The minimum Gasteiger partial charge on any atom is -0.376 e. The molecule has 2 amide bonds. The lowest BCUT2D eigenvalue weighted by atomic mass is 9.98. The lowest BCUT2D eigenvalue weighted by Crippen LogP contribution is -2.35. The Morgan fingerprint density at radius 1 is 0.971 bits per heavy atom. The highest BCUT2D eigenvalue weighted by Gasteiger charge is 2.23. The van der Waals surface area contributed by atoms with Gasteiger partial charge in [-0.1, -0.05) is 42.5 Å². The lowest BCUT2D eigenvalue weighted by Gasteiger charge is -2.32. The summed E-state index contributed by atoms with van der Waals surface area (Å²) < 4.78 is 5.68. The molecule has 1 unspecified atom stereocenters. The SMILES string of the molecule is Cc1ccccc1C(=O)Nc1ccc(N2CCc3ccccc3C2)c(C(=O)NCC2CCCO2)c1. The molecule has 6 nitrogen and oxygen atoms in total. The Balaban J connectivity index is 1.41. The Morgan fingerprint density at radius 3 is 2.57 bits per heavy atom. The molecular formula is C29H31N3O3. The number of amides is 2. The van der Waals surface area contributed by atoms with Gasteiger partial charge in [-0.05, 0) is 67.1 Å². The molecule has 180 valence electrons. The fourth-order valence-electron chi connectivity index (χ4n) is 4.91. The Morgan fingerprint density at radius 2 is 1.77 bits per heavy atom. The first-order valence-electron chi connectivity index (χ1n) is 12.3. The van der Waals surface area contributed by atoms with Crippen molar-refractivity contribution < 1.29 is 14.3 Å². The summed E-state index contributed by atoms with van der Waals surface area (Å²) in [6, 6.07) is 21.5. The van der Waals surface area contributed by atoms with E-state index in [2.05, 4.69) is 39.8 Å². The van der Waals surface area contributed by atoms with Gasteiger partial charge in [0.25, 0.3) is 11.8 Å². The molecule has 5 rings (SSSR count). The third kappa shape index (κ3) is 5.23. The standard InChI is InChI=1S/C29H31N3O3/c1-20-7-2-5-11-25(20)29(34)31-23-12-13-27(32-15-14-21-8-3-4-9-22(21)19-32)26(17-23)28(33)30-18-24-10-6-16-35-24/h2-5,7-9,11-13,17,24H,6,10,14-16,18-19H2,1H3,(H,30,33)(H,31,34). The predicted molar refractivity (Wildman–Crippen MR) is 138 cm³/mol. The van der Waals surface area contributed by atoms with Crippen molar-refractivity contribution in [3.63, 3.8) is 0 Å². The third-order valence-electron chi connectivity index (χ3n) is 6.87. The van der Waals surface area contributed by atoms with E-state index < -0.39 is 0 Å². The number of nitrogens with zero attached hydrogens (tertiary/aromatic N) is 1. The Kier molecular flexibility index (Phi) is 6.82. The van der Waals surface area contributed by atoms with Crippen LogP contribution in [0.5, 0.6) is 0 Å². The molecule has 1 saturated heterocycles. The van der Waals surface area contributed by atoms with Gasteiger partial charge >= 0.3 is 0 Å². The lowest BCUT2D eigenvalue weighted by molar-refractivity contribution is 0.0858. The number of rotatable bonds is 6. The highest BCUT2D eigenvalue weighted by atomic mass is 16.5. The highest BCUT2D eigenvalue weighted by Crippen LogP contribution is 2.30. The second-order valence-electron chi connectivity index (χ2n) is 9.29. The molecule has 0 spiro atoms. The van der Waals surface area contributed by atoms with Gasteiger partial charge in [0.15, 0.2) is 0 Å². The van der Waals surface area contributed by atoms with Gasteiger partial charge in [-0.25, -0.2) is 0 Å². The van der Waals surface area contributed by atoms with Crippen LogP contribution >= 0.6 is 0 Å². The molecule has 0 radical (unpaired) electrons. The van der Waals surface area contributed by atoms with Gasteiger partial charge in [0.1, 0.15) is 0 Å². The quantitative estimate of drug-likeness (QED) is 0.548. The van der Waals surface area contributed by atoms with Gasteiger partial charge in [-0.15, -0.1) is 0 Å². The number of aryl methyl sites for hydroxylation is 1. The van der Waals surface area contributed by atoms with Crippen molar-refractivity contribution in [2.75, 3.05) is 29.9 Å². The maximum absolute atomic E-state index is 13.4. The molecule has 0 saturated carbocycles. The molecule has 0 bridgehead atoms. The zero-order valence-electron chi connectivity index (χ0n) is 20.0. The first-order valence-corrected chi connectivity index (χ1v) is 12.3. The second-order valence-corrected chi connectivity index (χ2v) is 9.29. The maximum Gasteiger partial charge on any atom is 0.255 e. The van der Waals surface area contributed by atoms with Crippen molar-refractivity contribution in [1.82, 2.24) is 5.32 Å². The Labute approximate surface area is 206 Å². The molecule has 0 aliphatic carbocycles. The largest absolute Gasteiger partial charge is 0.376 e. The number of ether oxygens (including phenoxy) is 1. The van der Waals surface area contributed by atoms with Gasteiger partial charge in [0.2, 0.25) is 0 Å². The molecular weight excluding hydrogens is 438 g/mol. The van der Waals surface area contributed by atoms with Crippen LogP contribution in [-0.4, -0.2) is 37.6 Å². The predicted octanol–water partition coefficient (Wildman–Crippen LogP) is 4.72. The van der Waals surface area contributed by atoms with Crippen molar-refractivity contribution in [3.8, 4) is 0 Å². The second kappa shape index (κ2) is 10.3. The van der Waals surface area contributed by atoms with Crippen LogP contribution in [0.1, 0.15) is 50.2 Å². The van der Waals surface area contributed by atoms with E-state index in [1.165, 1.54) is 11.1 Å². The van der Waals surface area contributed by atoms with Crippen LogP contribution < -0.4 is 15.5 Å². The van der Waals surface area contributed by atoms with Crippen molar-refractivity contribution >= 4 is 23.2 Å². The summed E-state index contributed by atoms with van der Waals surface area (Å²) in [7, 11) is 0.